The Morgan fingerprint density at radius 1 is 1.71 bits per heavy atom. The third-order valence-electron chi connectivity index (χ3n) is 0.591. The van der Waals surface area contributed by atoms with E-state index >= 15 is 0 Å². The van der Waals surface area contributed by atoms with Gasteiger partial charge in [0.15, 0.2) is 0 Å². The minimum Gasteiger partial charge on any atom is -0.393 e. The van der Waals surface area contributed by atoms with Crippen molar-refractivity contribution in [3.8, 4) is 0 Å². The first-order valence-corrected chi connectivity index (χ1v) is 4.36. The summed E-state index contributed by atoms with van der Waals surface area (Å²) in [6, 6.07) is 0. The van der Waals surface area contributed by atoms with Crippen LogP contribution in [0.5, 0.6) is 0 Å². The number of aliphatic hydroxyl groups excluding tert-OH is 1. The topological polar surface area (TPSA) is 20.2 Å². The van der Waals surface area contributed by atoms with Gasteiger partial charge in [0.05, 0.1) is 6.10 Å². The van der Waals surface area contributed by atoms with Gasteiger partial charge in [0.25, 0.3) is 0 Å². The standard InChI is InChI=1S/C4H10O.ClH.Mg/c1-3-4(2)5;;/h4-5H,3H2,1-2H3;1H;/q;;+3/p-1. The molecule has 0 bridgehead atoms. The van der Waals surface area contributed by atoms with E-state index < -0.39 is 0 Å². The smallest absolute Gasteiger partial charge is 0.393 e. The average molecular weight is 134 g/mol. The molecule has 7 heavy (non-hydrogen) atoms. The third kappa shape index (κ3) is 19.4. The van der Waals surface area contributed by atoms with Gasteiger partial charge in [0, 0.05) is 0 Å². The summed E-state index contributed by atoms with van der Waals surface area (Å²) in [6.45, 7) is 3.73. The Kier molecular flexibility index (Phi) is 15.7. The minimum absolute atomic E-state index is 0.116. The molecule has 0 aromatic rings. The number of rotatable bonds is 1. The van der Waals surface area contributed by atoms with E-state index in [1.807, 2.05) is 6.92 Å². The van der Waals surface area contributed by atoms with E-state index in [9.17, 15) is 0 Å². The first kappa shape index (κ1) is 10.9. The molecule has 0 saturated heterocycles. The second-order valence-corrected chi connectivity index (χ2v) is 1.26. The first-order chi connectivity index (χ1) is 3.27. The van der Waals surface area contributed by atoms with Gasteiger partial charge >= 0.3 is 29.7 Å². The second-order valence-electron chi connectivity index (χ2n) is 1.26. The molecule has 0 amide bonds. The van der Waals surface area contributed by atoms with Gasteiger partial charge in [0.2, 0.25) is 0 Å². The highest BCUT2D eigenvalue weighted by molar-refractivity contribution is 6.80. The predicted octanol–water partition coefficient (Wildman–Crippen LogP) is 1.09. The molecular formula is C4H10ClMgO+2. The number of hydrogen-bond donors (Lipinski definition) is 1. The van der Waals surface area contributed by atoms with E-state index in [1.165, 1.54) is 20.6 Å². The highest BCUT2D eigenvalue weighted by atomic mass is 35.5. The molecular weight excluding hydrogens is 124 g/mol. The molecule has 3 heteroatoms. The molecule has 1 nitrogen and oxygen atoms in total. The molecule has 0 aliphatic rings. The van der Waals surface area contributed by atoms with E-state index in [2.05, 4.69) is 9.07 Å². The molecule has 39 valence electrons. The summed E-state index contributed by atoms with van der Waals surface area (Å²) in [5.74, 6) is 0. The van der Waals surface area contributed by atoms with Crippen molar-refractivity contribution >= 4 is 29.7 Å². The molecule has 1 atom stereocenters. The van der Waals surface area contributed by atoms with Crippen LogP contribution < -0.4 is 0 Å². The summed E-state index contributed by atoms with van der Waals surface area (Å²) in [7, 11) is 4.67. The maximum atomic E-state index is 8.36. The molecule has 0 heterocycles. The van der Waals surface area contributed by atoms with E-state index in [-0.39, 0.29) is 6.10 Å². The van der Waals surface area contributed by atoms with Gasteiger partial charge in [-0.25, -0.2) is 0 Å². The van der Waals surface area contributed by atoms with Gasteiger partial charge in [-0.1, -0.05) is 6.92 Å². The fourth-order valence-electron chi connectivity index (χ4n) is 0. The van der Waals surface area contributed by atoms with Crippen LogP contribution in [0.15, 0.2) is 0 Å². The zero-order valence-electron chi connectivity index (χ0n) is 4.82. The normalized spacial score (nSPS) is 11.6. The van der Waals surface area contributed by atoms with Crippen LogP contribution in [0.3, 0.4) is 0 Å². The maximum absolute atomic E-state index is 8.36. The van der Waals surface area contributed by atoms with Crippen molar-refractivity contribution < 1.29 is 5.11 Å². The highest BCUT2D eigenvalue weighted by Gasteiger charge is 2.16. The van der Waals surface area contributed by atoms with Crippen molar-refractivity contribution in [2.24, 2.45) is 0 Å². The van der Waals surface area contributed by atoms with Gasteiger partial charge in [-0.3, -0.25) is 0 Å². The summed E-state index contributed by atoms with van der Waals surface area (Å²) in [5.41, 5.74) is 0. The fraction of sp³-hybridized carbons (Fsp3) is 1.00. The second kappa shape index (κ2) is 10.1. The molecule has 0 aromatic carbocycles. The van der Waals surface area contributed by atoms with E-state index in [0.717, 1.165) is 6.42 Å². The summed E-state index contributed by atoms with van der Waals surface area (Å²) in [4.78, 5) is 0. The Balaban J connectivity index is 0. The lowest BCUT2D eigenvalue weighted by Crippen LogP contribution is -1.93. The number of hydrogen-bond acceptors (Lipinski definition) is 1. The van der Waals surface area contributed by atoms with Crippen molar-refractivity contribution in [2.75, 3.05) is 0 Å². The molecule has 7 radical (unpaired) electrons. The molecule has 0 aliphatic heterocycles. The largest absolute Gasteiger partial charge is 1.59 e. The molecule has 0 aromatic heterocycles. The van der Waals surface area contributed by atoms with Gasteiger partial charge in [0.1, 0.15) is 0 Å². The van der Waals surface area contributed by atoms with Crippen LogP contribution in [0, 0.1) is 0 Å². The zero-order chi connectivity index (χ0) is 6.28. The van der Waals surface area contributed by atoms with Crippen LogP contribution in [-0.4, -0.2) is 31.8 Å². The number of aliphatic hydroxyl groups is 1. The Morgan fingerprint density at radius 3 is 1.86 bits per heavy atom. The van der Waals surface area contributed by atoms with Gasteiger partial charge in [-0.05, 0) is 13.3 Å². The van der Waals surface area contributed by atoms with Crippen LogP contribution in [0.4, 0.5) is 0 Å². The molecule has 0 rings (SSSR count). The van der Waals surface area contributed by atoms with Crippen LogP contribution in [0.2, 0.25) is 0 Å². The molecule has 0 saturated carbocycles. The first-order valence-electron chi connectivity index (χ1n) is 2.22. The van der Waals surface area contributed by atoms with Crippen LogP contribution >= 0.6 is 9.07 Å². The molecule has 0 spiro atoms. The lowest BCUT2D eigenvalue weighted by atomic mass is 10.3. The van der Waals surface area contributed by atoms with Crippen LogP contribution in [-0.2, 0) is 0 Å². The lowest BCUT2D eigenvalue weighted by molar-refractivity contribution is 0.191. The van der Waals surface area contributed by atoms with Crippen molar-refractivity contribution in [1.82, 2.24) is 0 Å². The third-order valence-corrected chi connectivity index (χ3v) is 0.591. The summed E-state index contributed by atoms with van der Waals surface area (Å²) in [6.07, 6.45) is 0.745. The highest BCUT2D eigenvalue weighted by Crippen LogP contribution is 1.81. The molecule has 1 unspecified atom stereocenters. The van der Waals surface area contributed by atoms with Crippen molar-refractivity contribution in [3.63, 3.8) is 0 Å². The summed E-state index contributed by atoms with van der Waals surface area (Å²) >= 11 is 1.33. The van der Waals surface area contributed by atoms with Crippen molar-refractivity contribution in [3.05, 3.63) is 0 Å². The minimum atomic E-state index is -0.116. The van der Waals surface area contributed by atoms with E-state index in [4.69, 9.17) is 5.11 Å². The summed E-state index contributed by atoms with van der Waals surface area (Å²) in [5, 5.41) is 8.36. The van der Waals surface area contributed by atoms with Gasteiger partial charge < -0.3 is 5.11 Å². The van der Waals surface area contributed by atoms with Crippen molar-refractivity contribution in [1.29, 1.82) is 0 Å². The van der Waals surface area contributed by atoms with Gasteiger partial charge in [-0.15, -0.1) is 0 Å². The van der Waals surface area contributed by atoms with Gasteiger partial charge in [-0.2, -0.15) is 0 Å². The van der Waals surface area contributed by atoms with E-state index in [0.29, 0.717) is 0 Å². The fourth-order valence-corrected chi connectivity index (χ4v) is 0. The van der Waals surface area contributed by atoms with Crippen molar-refractivity contribution in [2.45, 2.75) is 26.4 Å². The van der Waals surface area contributed by atoms with Crippen LogP contribution in [0.1, 0.15) is 20.3 Å². The zero-order valence-corrected chi connectivity index (χ0v) is 6.99. The Labute approximate surface area is 61.3 Å². The maximum Gasteiger partial charge on any atom is 1.59 e. The Morgan fingerprint density at radius 2 is 1.86 bits per heavy atom. The molecule has 0 aliphatic carbocycles. The monoisotopic (exact) mass is 133 g/mol. The Bertz CT molecular complexity index is 25.7. The molecule has 1 N–H and O–H groups in total. The summed E-state index contributed by atoms with van der Waals surface area (Å²) < 4.78 is 0. The predicted molar refractivity (Wildman–Crippen MR) is 33.6 cm³/mol. The number of halogens is 1. The lowest BCUT2D eigenvalue weighted by Gasteiger charge is -1.90. The van der Waals surface area contributed by atoms with E-state index in [1.54, 1.807) is 6.92 Å². The SMILES string of the molecule is CCC(C)O.[Mg+2][Cl]. The quantitative estimate of drug-likeness (QED) is 0.532. The Hall–Kier alpha value is 1.02. The molecule has 0 fully saturated rings. The average Bonchev–Trinajstić information content (AvgIpc) is 1.73. The van der Waals surface area contributed by atoms with Crippen LogP contribution in [0.25, 0.3) is 0 Å².